The molecule has 30 heavy (non-hydrogen) atoms. The number of nitrogens with zero attached hydrogens (tertiary/aromatic N) is 3. The van der Waals surface area contributed by atoms with E-state index in [-0.39, 0.29) is 6.04 Å². The van der Waals surface area contributed by atoms with Crippen molar-refractivity contribution >= 4 is 0 Å². The van der Waals surface area contributed by atoms with Gasteiger partial charge in [0.1, 0.15) is 0 Å². The monoisotopic (exact) mass is 404 g/mol. The summed E-state index contributed by atoms with van der Waals surface area (Å²) in [5, 5.41) is 8.17. The Bertz CT molecular complexity index is 1110. The minimum absolute atomic E-state index is 0.153. The van der Waals surface area contributed by atoms with Gasteiger partial charge in [-0.3, -0.25) is 9.67 Å². The van der Waals surface area contributed by atoms with Crippen LogP contribution in [0.4, 0.5) is 8.78 Å². The lowest BCUT2D eigenvalue weighted by Crippen LogP contribution is -2.18. The zero-order valence-electron chi connectivity index (χ0n) is 16.6. The van der Waals surface area contributed by atoms with Crippen LogP contribution in [0.1, 0.15) is 29.7 Å². The van der Waals surface area contributed by atoms with Crippen molar-refractivity contribution in [1.29, 1.82) is 0 Å². The molecule has 0 saturated carbocycles. The van der Waals surface area contributed by atoms with Crippen LogP contribution in [-0.2, 0) is 13.1 Å². The quantitative estimate of drug-likeness (QED) is 0.465. The molecule has 0 unspecified atom stereocenters. The Balaban J connectivity index is 1.56. The number of hydrogen-bond donors (Lipinski definition) is 1. The van der Waals surface area contributed by atoms with Gasteiger partial charge in [-0.05, 0) is 42.3 Å². The first kappa shape index (κ1) is 19.9. The van der Waals surface area contributed by atoms with Gasteiger partial charge in [-0.2, -0.15) is 5.10 Å². The van der Waals surface area contributed by atoms with Crippen LogP contribution in [0.25, 0.3) is 11.3 Å². The lowest BCUT2D eigenvalue weighted by atomic mass is 10.1. The maximum atomic E-state index is 13.6. The van der Waals surface area contributed by atoms with Crippen LogP contribution in [0.5, 0.6) is 0 Å². The Hall–Kier alpha value is -3.38. The second-order valence-electron chi connectivity index (χ2n) is 7.20. The zero-order valence-corrected chi connectivity index (χ0v) is 16.6. The van der Waals surface area contributed by atoms with E-state index in [0.29, 0.717) is 18.7 Å². The Morgan fingerprint density at radius 2 is 1.83 bits per heavy atom. The van der Waals surface area contributed by atoms with E-state index < -0.39 is 11.6 Å². The highest BCUT2D eigenvalue weighted by molar-refractivity contribution is 5.61. The van der Waals surface area contributed by atoms with Crippen molar-refractivity contribution in [2.45, 2.75) is 26.1 Å². The van der Waals surface area contributed by atoms with Crippen LogP contribution in [0.3, 0.4) is 0 Å². The summed E-state index contributed by atoms with van der Waals surface area (Å²) in [5.41, 5.74) is 4.64. The van der Waals surface area contributed by atoms with E-state index in [0.717, 1.165) is 28.5 Å². The molecule has 2 aromatic carbocycles. The molecular formula is C24H22F2N4. The van der Waals surface area contributed by atoms with Crippen molar-refractivity contribution in [1.82, 2.24) is 20.1 Å². The van der Waals surface area contributed by atoms with Gasteiger partial charge in [0.25, 0.3) is 0 Å². The summed E-state index contributed by atoms with van der Waals surface area (Å²) < 4.78 is 28.7. The van der Waals surface area contributed by atoms with Crippen LogP contribution in [0.15, 0.2) is 79.3 Å². The Morgan fingerprint density at radius 1 is 1.00 bits per heavy atom. The van der Waals surface area contributed by atoms with Gasteiger partial charge in [0.2, 0.25) is 0 Å². The lowest BCUT2D eigenvalue weighted by Gasteiger charge is -2.14. The average molecular weight is 404 g/mol. The maximum absolute atomic E-state index is 13.6. The molecule has 1 N–H and O–H groups in total. The minimum atomic E-state index is -0.841. The molecule has 0 aliphatic heterocycles. The molecule has 4 nitrogen and oxygen atoms in total. The molecule has 4 rings (SSSR count). The third-order valence-electron chi connectivity index (χ3n) is 5.00. The Morgan fingerprint density at radius 3 is 2.57 bits per heavy atom. The molecule has 0 aliphatic rings. The van der Waals surface area contributed by atoms with Crippen LogP contribution >= 0.6 is 0 Å². The average Bonchev–Trinajstić information content (AvgIpc) is 3.18. The molecule has 0 aliphatic carbocycles. The second kappa shape index (κ2) is 8.97. The van der Waals surface area contributed by atoms with Crippen molar-refractivity contribution in [2.24, 2.45) is 0 Å². The molecule has 2 heterocycles. The molecule has 0 amide bonds. The highest BCUT2D eigenvalue weighted by atomic mass is 19.2. The third-order valence-corrected chi connectivity index (χ3v) is 5.00. The van der Waals surface area contributed by atoms with Crippen LogP contribution in [0.2, 0.25) is 0 Å². The molecule has 0 fully saturated rings. The van der Waals surface area contributed by atoms with Gasteiger partial charge < -0.3 is 5.32 Å². The number of rotatable bonds is 7. The fourth-order valence-corrected chi connectivity index (χ4v) is 3.35. The zero-order chi connectivity index (χ0) is 20.9. The number of benzene rings is 2. The first-order valence-corrected chi connectivity index (χ1v) is 9.79. The topological polar surface area (TPSA) is 42.7 Å². The molecule has 1 atom stereocenters. The molecule has 0 spiro atoms. The number of aromatic nitrogens is 3. The Labute approximate surface area is 174 Å². The van der Waals surface area contributed by atoms with Crippen molar-refractivity contribution in [3.63, 3.8) is 0 Å². The number of nitrogens with one attached hydrogen (secondary N) is 1. The van der Waals surface area contributed by atoms with Gasteiger partial charge in [0.15, 0.2) is 11.6 Å². The van der Waals surface area contributed by atoms with Gasteiger partial charge in [-0.15, -0.1) is 0 Å². The SMILES string of the molecule is C[C@@H](NCc1cn(Cc2ccccc2)nc1-c1cccnc1)c1ccc(F)c(F)c1. The summed E-state index contributed by atoms with van der Waals surface area (Å²) in [6, 6.07) is 17.8. The van der Waals surface area contributed by atoms with Crippen molar-refractivity contribution in [3.05, 3.63) is 108 Å². The first-order chi connectivity index (χ1) is 14.6. The van der Waals surface area contributed by atoms with E-state index in [1.807, 2.05) is 48.1 Å². The van der Waals surface area contributed by atoms with Crippen molar-refractivity contribution < 1.29 is 8.78 Å². The minimum Gasteiger partial charge on any atom is -0.306 e. The summed E-state index contributed by atoms with van der Waals surface area (Å²) in [5.74, 6) is -1.68. The largest absolute Gasteiger partial charge is 0.306 e. The molecule has 0 bridgehead atoms. The molecule has 152 valence electrons. The van der Waals surface area contributed by atoms with Gasteiger partial charge in [0.05, 0.1) is 12.2 Å². The summed E-state index contributed by atoms with van der Waals surface area (Å²) in [4.78, 5) is 4.21. The van der Waals surface area contributed by atoms with E-state index in [4.69, 9.17) is 5.10 Å². The summed E-state index contributed by atoms with van der Waals surface area (Å²) in [6.45, 7) is 3.11. The number of pyridine rings is 1. The van der Waals surface area contributed by atoms with Gasteiger partial charge in [-0.1, -0.05) is 36.4 Å². The van der Waals surface area contributed by atoms with Crippen molar-refractivity contribution in [2.75, 3.05) is 0 Å². The normalized spacial score (nSPS) is 12.1. The second-order valence-corrected chi connectivity index (χ2v) is 7.20. The fourth-order valence-electron chi connectivity index (χ4n) is 3.35. The predicted octanol–water partition coefficient (Wildman–Crippen LogP) is 5.12. The molecular weight excluding hydrogens is 382 g/mol. The van der Waals surface area contributed by atoms with E-state index in [1.165, 1.54) is 6.07 Å². The predicted molar refractivity (Wildman–Crippen MR) is 113 cm³/mol. The molecule has 6 heteroatoms. The van der Waals surface area contributed by atoms with E-state index in [1.54, 1.807) is 18.5 Å². The van der Waals surface area contributed by atoms with Crippen LogP contribution in [-0.4, -0.2) is 14.8 Å². The fraction of sp³-hybridized carbons (Fsp3) is 0.167. The van der Waals surface area contributed by atoms with E-state index in [2.05, 4.69) is 22.4 Å². The smallest absolute Gasteiger partial charge is 0.159 e. The lowest BCUT2D eigenvalue weighted by molar-refractivity contribution is 0.500. The molecule has 0 saturated heterocycles. The molecule has 0 radical (unpaired) electrons. The van der Waals surface area contributed by atoms with Crippen LogP contribution < -0.4 is 5.32 Å². The standard InChI is InChI=1S/C24H22F2N4/c1-17(19-9-10-22(25)23(26)12-19)28-14-21-16-30(15-18-6-3-2-4-7-18)29-24(21)20-8-5-11-27-13-20/h2-13,16-17,28H,14-15H2,1H3/t17-/m1/s1. The van der Waals surface area contributed by atoms with Gasteiger partial charge in [0, 0.05) is 42.3 Å². The van der Waals surface area contributed by atoms with E-state index in [9.17, 15) is 8.78 Å². The van der Waals surface area contributed by atoms with Gasteiger partial charge in [-0.25, -0.2) is 8.78 Å². The number of halogens is 2. The number of hydrogen-bond acceptors (Lipinski definition) is 3. The summed E-state index contributed by atoms with van der Waals surface area (Å²) in [6.07, 6.45) is 5.53. The Kier molecular flexibility index (Phi) is 5.95. The maximum Gasteiger partial charge on any atom is 0.159 e. The highest BCUT2D eigenvalue weighted by Crippen LogP contribution is 2.23. The highest BCUT2D eigenvalue weighted by Gasteiger charge is 2.14. The molecule has 2 aromatic heterocycles. The van der Waals surface area contributed by atoms with Crippen molar-refractivity contribution in [3.8, 4) is 11.3 Å². The summed E-state index contributed by atoms with van der Waals surface area (Å²) >= 11 is 0. The third kappa shape index (κ3) is 4.60. The van der Waals surface area contributed by atoms with Crippen LogP contribution in [0, 0.1) is 11.6 Å². The van der Waals surface area contributed by atoms with Gasteiger partial charge >= 0.3 is 0 Å². The first-order valence-electron chi connectivity index (χ1n) is 9.79. The molecule has 4 aromatic rings. The van der Waals surface area contributed by atoms with E-state index >= 15 is 0 Å². The summed E-state index contributed by atoms with van der Waals surface area (Å²) in [7, 11) is 0.